The van der Waals surface area contributed by atoms with Crippen molar-refractivity contribution in [3.63, 3.8) is 0 Å². The molecule has 1 aliphatic heterocycles. The lowest BCUT2D eigenvalue weighted by molar-refractivity contribution is -0.136. The van der Waals surface area contributed by atoms with E-state index in [1.807, 2.05) is 7.05 Å². The monoisotopic (exact) mass is 402 g/mol. The van der Waals surface area contributed by atoms with Crippen LogP contribution in [0.25, 0.3) is 0 Å². The summed E-state index contributed by atoms with van der Waals surface area (Å²) >= 11 is 0. The number of hydrogen-bond acceptors (Lipinski definition) is 4. The second-order valence-corrected chi connectivity index (χ2v) is 7.08. The number of benzene rings is 2. The maximum absolute atomic E-state index is 13.3. The summed E-state index contributed by atoms with van der Waals surface area (Å²) in [5.74, 6) is -2.51. The number of likely N-dealkylation sites (N-methyl/N-ethyl adjacent to an activating group) is 1. The summed E-state index contributed by atoms with van der Waals surface area (Å²) in [6, 6.07) is 11.3. The van der Waals surface area contributed by atoms with Crippen molar-refractivity contribution in [1.82, 2.24) is 15.1 Å². The zero-order chi connectivity index (χ0) is 20.8. The van der Waals surface area contributed by atoms with E-state index in [2.05, 4.69) is 20.4 Å². The zero-order valence-electron chi connectivity index (χ0n) is 16.2. The smallest absolute Gasteiger partial charge is 0.313 e. The number of anilines is 1. The van der Waals surface area contributed by atoms with E-state index >= 15 is 0 Å². The molecule has 1 atom stereocenters. The quantitative estimate of drug-likeness (QED) is 0.751. The number of rotatable bonds is 5. The molecule has 0 aromatic heterocycles. The van der Waals surface area contributed by atoms with Gasteiger partial charge in [0, 0.05) is 38.4 Å². The molecule has 2 amide bonds. The van der Waals surface area contributed by atoms with Crippen molar-refractivity contribution in [3.05, 3.63) is 65.7 Å². The molecule has 1 saturated heterocycles. The van der Waals surface area contributed by atoms with Gasteiger partial charge in [0.15, 0.2) is 0 Å². The van der Waals surface area contributed by atoms with E-state index in [1.54, 1.807) is 12.1 Å². The van der Waals surface area contributed by atoms with Gasteiger partial charge in [-0.2, -0.15) is 0 Å². The summed E-state index contributed by atoms with van der Waals surface area (Å²) in [4.78, 5) is 28.8. The molecular weight excluding hydrogens is 378 g/mol. The number of nitrogens with zero attached hydrogens (tertiary/aromatic N) is 2. The van der Waals surface area contributed by atoms with E-state index in [9.17, 15) is 18.4 Å². The predicted molar refractivity (Wildman–Crippen MR) is 106 cm³/mol. The average molecular weight is 402 g/mol. The Balaban J connectivity index is 1.64. The minimum Gasteiger partial charge on any atom is -0.346 e. The number of hydrogen-bond donors (Lipinski definition) is 2. The molecule has 29 heavy (non-hydrogen) atoms. The van der Waals surface area contributed by atoms with E-state index in [4.69, 9.17) is 0 Å². The van der Waals surface area contributed by atoms with Crippen LogP contribution in [-0.2, 0) is 9.59 Å². The molecule has 6 nitrogen and oxygen atoms in total. The number of carbonyl (C=O) groups excluding carboxylic acids is 2. The Morgan fingerprint density at radius 3 is 2.31 bits per heavy atom. The van der Waals surface area contributed by atoms with Gasteiger partial charge in [-0.15, -0.1) is 0 Å². The lowest BCUT2D eigenvalue weighted by Gasteiger charge is -2.38. The van der Waals surface area contributed by atoms with E-state index < -0.39 is 17.6 Å². The van der Waals surface area contributed by atoms with Crippen LogP contribution in [0.3, 0.4) is 0 Å². The standard InChI is InChI=1S/C21H24F2N4O2/c1-26-9-11-27(12-10-26)19(15-5-7-16(22)8-6-15)14-24-20(28)21(29)25-18-4-2-3-17(23)13-18/h2-8,13,19H,9-12,14H2,1H3,(H,24,28)(H,25,29). The SMILES string of the molecule is CN1CCN(C(CNC(=O)C(=O)Nc2cccc(F)c2)c2ccc(F)cc2)CC1. The first kappa shape index (κ1) is 20.9. The summed E-state index contributed by atoms with van der Waals surface area (Å²) in [5, 5.41) is 5.02. The Morgan fingerprint density at radius 1 is 0.966 bits per heavy atom. The van der Waals surface area contributed by atoms with E-state index in [0.717, 1.165) is 37.8 Å². The number of amides is 2. The molecule has 0 aliphatic carbocycles. The molecule has 2 aromatic carbocycles. The predicted octanol–water partition coefficient (Wildman–Crippen LogP) is 2.01. The highest BCUT2D eigenvalue weighted by Gasteiger charge is 2.25. The Labute approximate surface area is 168 Å². The summed E-state index contributed by atoms with van der Waals surface area (Å²) in [5.41, 5.74) is 1.07. The highest BCUT2D eigenvalue weighted by molar-refractivity contribution is 6.39. The van der Waals surface area contributed by atoms with Gasteiger partial charge in [-0.1, -0.05) is 18.2 Å². The molecule has 3 rings (SSSR count). The van der Waals surface area contributed by atoms with Gasteiger partial charge in [-0.25, -0.2) is 8.78 Å². The molecule has 0 spiro atoms. The van der Waals surface area contributed by atoms with Crippen molar-refractivity contribution >= 4 is 17.5 Å². The van der Waals surface area contributed by atoms with Crippen molar-refractivity contribution in [2.24, 2.45) is 0 Å². The fraction of sp³-hybridized carbons (Fsp3) is 0.333. The summed E-state index contributed by atoms with van der Waals surface area (Å²) in [7, 11) is 2.04. The van der Waals surface area contributed by atoms with Gasteiger partial charge in [0.05, 0.1) is 6.04 Å². The Kier molecular flexibility index (Phi) is 6.90. The Morgan fingerprint density at radius 2 is 1.66 bits per heavy atom. The summed E-state index contributed by atoms with van der Waals surface area (Å²) < 4.78 is 26.6. The molecule has 2 aromatic rings. The number of halogens is 2. The third kappa shape index (κ3) is 5.82. The lowest BCUT2D eigenvalue weighted by Crippen LogP contribution is -2.49. The van der Waals surface area contributed by atoms with Crippen LogP contribution in [0, 0.1) is 11.6 Å². The minimum absolute atomic E-state index is 0.185. The van der Waals surface area contributed by atoms with Crippen molar-refractivity contribution in [2.45, 2.75) is 6.04 Å². The van der Waals surface area contributed by atoms with E-state index in [-0.39, 0.29) is 24.1 Å². The van der Waals surface area contributed by atoms with Crippen molar-refractivity contribution in [2.75, 3.05) is 45.1 Å². The van der Waals surface area contributed by atoms with Crippen LogP contribution in [0.4, 0.5) is 14.5 Å². The Bertz CT molecular complexity index is 852. The first-order valence-electron chi connectivity index (χ1n) is 9.45. The van der Waals surface area contributed by atoms with Crippen molar-refractivity contribution < 1.29 is 18.4 Å². The molecule has 0 saturated carbocycles. The van der Waals surface area contributed by atoms with Gasteiger partial charge >= 0.3 is 11.8 Å². The fourth-order valence-electron chi connectivity index (χ4n) is 3.30. The average Bonchev–Trinajstić information content (AvgIpc) is 2.70. The number of carbonyl (C=O) groups is 2. The summed E-state index contributed by atoms with van der Waals surface area (Å²) in [6.07, 6.45) is 0. The molecule has 8 heteroatoms. The topological polar surface area (TPSA) is 64.7 Å². The fourth-order valence-corrected chi connectivity index (χ4v) is 3.30. The van der Waals surface area contributed by atoms with Gasteiger partial charge in [0.1, 0.15) is 11.6 Å². The van der Waals surface area contributed by atoms with Crippen LogP contribution in [-0.4, -0.2) is 61.4 Å². The molecular formula is C21H24F2N4O2. The van der Waals surface area contributed by atoms with Gasteiger partial charge in [0.2, 0.25) is 0 Å². The van der Waals surface area contributed by atoms with Crippen LogP contribution in [0.1, 0.15) is 11.6 Å². The van der Waals surface area contributed by atoms with Crippen molar-refractivity contribution in [1.29, 1.82) is 0 Å². The lowest BCUT2D eigenvalue weighted by atomic mass is 10.0. The van der Waals surface area contributed by atoms with Crippen LogP contribution in [0.15, 0.2) is 48.5 Å². The number of piperazine rings is 1. The highest BCUT2D eigenvalue weighted by Crippen LogP contribution is 2.22. The maximum Gasteiger partial charge on any atom is 0.313 e. The molecule has 1 fully saturated rings. The largest absolute Gasteiger partial charge is 0.346 e. The van der Waals surface area contributed by atoms with Gasteiger partial charge in [0.25, 0.3) is 0 Å². The zero-order valence-corrected chi connectivity index (χ0v) is 16.2. The number of nitrogens with one attached hydrogen (secondary N) is 2. The van der Waals surface area contributed by atoms with Crippen molar-refractivity contribution in [3.8, 4) is 0 Å². The van der Waals surface area contributed by atoms with Crippen LogP contribution >= 0.6 is 0 Å². The molecule has 0 radical (unpaired) electrons. The normalized spacial score (nSPS) is 16.2. The van der Waals surface area contributed by atoms with E-state index in [1.165, 1.54) is 30.3 Å². The molecule has 2 N–H and O–H groups in total. The second kappa shape index (κ2) is 9.58. The first-order valence-corrected chi connectivity index (χ1v) is 9.45. The summed E-state index contributed by atoms with van der Waals surface area (Å²) in [6.45, 7) is 3.55. The van der Waals surface area contributed by atoms with Crippen LogP contribution in [0.5, 0.6) is 0 Å². The van der Waals surface area contributed by atoms with Gasteiger partial charge < -0.3 is 15.5 Å². The highest BCUT2D eigenvalue weighted by atomic mass is 19.1. The van der Waals surface area contributed by atoms with Crippen LogP contribution < -0.4 is 10.6 Å². The van der Waals surface area contributed by atoms with E-state index in [0.29, 0.717) is 0 Å². The molecule has 1 aliphatic rings. The minimum atomic E-state index is -0.869. The van der Waals surface area contributed by atoms with Gasteiger partial charge in [-0.05, 0) is 42.9 Å². The van der Waals surface area contributed by atoms with Crippen LogP contribution in [0.2, 0.25) is 0 Å². The molecule has 1 heterocycles. The second-order valence-electron chi connectivity index (χ2n) is 7.08. The Hall–Kier alpha value is -2.84. The molecule has 0 bridgehead atoms. The third-order valence-corrected chi connectivity index (χ3v) is 4.98. The molecule has 1 unspecified atom stereocenters. The molecule has 154 valence electrons. The third-order valence-electron chi connectivity index (χ3n) is 4.98. The first-order chi connectivity index (χ1) is 13.9. The maximum atomic E-state index is 13.3. The van der Waals surface area contributed by atoms with Gasteiger partial charge in [-0.3, -0.25) is 14.5 Å².